The van der Waals surface area contributed by atoms with Crippen LogP contribution >= 0.6 is 15.9 Å². The van der Waals surface area contributed by atoms with Crippen LogP contribution in [0.1, 0.15) is 21.9 Å². The maximum atomic E-state index is 12.3. The maximum Gasteiger partial charge on any atom is 0.291 e. The molecule has 0 aliphatic carbocycles. The molecule has 3 aromatic rings. The molecule has 2 aromatic carbocycles. The minimum absolute atomic E-state index is 0.0324. The van der Waals surface area contributed by atoms with Gasteiger partial charge in [0.25, 0.3) is 11.6 Å². The van der Waals surface area contributed by atoms with Gasteiger partial charge < -0.3 is 14.5 Å². The molecule has 0 unspecified atom stereocenters. The van der Waals surface area contributed by atoms with Crippen LogP contribution in [0.15, 0.2) is 63.5 Å². The molecule has 8 heteroatoms. The lowest BCUT2D eigenvalue weighted by molar-refractivity contribution is -0.384. The number of ether oxygens (including phenoxy) is 1. The first-order valence-corrected chi connectivity index (χ1v) is 8.76. The second kappa shape index (κ2) is 8.05. The van der Waals surface area contributed by atoms with Crippen molar-refractivity contribution in [1.82, 2.24) is 0 Å². The molecule has 1 heterocycles. The van der Waals surface area contributed by atoms with E-state index in [0.29, 0.717) is 22.8 Å². The van der Waals surface area contributed by atoms with Crippen LogP contribution in [0, 0.1) is 17.0 Å². The third-order valence-corrected chi connectivity index (χ3v) is 4.42. The monoisotopic (exact) mass is 430 g/mol. The zero-order valence-corrected chi connectivity index (χ0v) is 15.9. The molecule has 27 heavy (non-hydrogen) atoms. The number of hydrogen-bond donors (Lipinski definition) is 1. The van der Waals surface area contributed by atoms with Crippen LogP contribution < -0.4 is 10.1 Å². The minimum atomic E-state index is -0.484. The number of carbonyl (C=O) groups excluding carboxylic acids is 1. The summed E-state index contributed by atoms with van der Waals surface area (Å²) in [4.78, 5) is 22.6. The Bertz CT molecular complexity index is 999. The first-order chi connectivity index (χ1) is 12.9. The number of carbonyl (C=O) groups is 1. The van der Waals surface area contributed by atoms with Crippen LogP contribution in [0.4, 0.5) is 11.4 Å². The quantitative estimate of drug-likeness (QED) is 0.433. The van der Waals surface area contributed by atoms with Gasteiger partial charge in [0.15, 0.2) is 5.76 Å². The molecule has 0 atom stereocenters. The Morgan fingerprint density at radius 1 is 1.22 bits per heavy atom. The van der Waals surface area contributed by atoms with Crippen LogP contribution in [0.2, 0.25) is 0 Å². The largest absolute Gasteiger partial charge is 0.484 e. The van der Waals surface area contributed by atoms with Gasteiger partial charge in [-0.05, 0) is 58.7 Å². The number of aryl methyl sites for hydroxylation is 1. The molecule has 1 N–H and O–H groups in total. The summed E-state index contributed by atoms with van der Waals surface area (Å²) in [5, 5.41) is 13.5. The highest BCUT2D eigenvalue weighted by Gasteiger charge is 2.15. The van der Waals surface area contributed by atoms with Gasteiger partial charge in [-0.3, -0.25) is 14.9 Å². The number of furan rings is 1. The van der Waals surface area contributed by atoms with Crippen molar-refractivity contribution in [3.05, 3.63) is 86.3 Å². The Labute approximate surface area is 163 Å². The molecule has 0 fully saturated rings. The van der Waals surface area contributed by atoms with Crippen molar-refractivity contribution >= 4 is 33.2 Å². The molecular weight excluding hydrogens is 416 g/mol. The topological polar surface area (TPSA) is 94.6 Å². The maximum absolute atomic E-state index is 12.3. The van der Waals surface area contributed by atoms with Gasteiger partial charge >= 0.3 is 0 Å². The highest BCUT2D eigenvalue weighted by Crippen LogP contribution is 2.25. The van der Waals surface area contributed by atoms with Gasteiger partial charge in [0.1, 0.15) is 18.1 Å². The lowest BCUT2D eigenvalue weighted by atomic mass is 10.2. The molecule has 0 radical (unpaired) electrons. The highest BCUT2D eigenvalue weighted by atomic mass is 79.9. The van der Waals surface area contributed by atoms with Gasteiger partial charge in [0.05, 0.1) is 9.40 Å². The average Bonchev–Trinajstić information content (AvgIpc) is 3.11. The summed E-state index contributed by atoms with van der Waals surface area (Å²) in [5.41, 5.74) is 1.03. The van der Waals surface area contributed by atoms with E-state index in [1.807, 2.05) is 24.3 Å². The van der Waals surface area contributed by atoms with Gasteiger partial charge in [-0.15, -0.1) is 0 Å². The van der Waals surface area contributed by atoms with E-state index in [1.165, 1.54) is 18.2 Å². The third-order valence-electron chi connectivity index (χ3n) is 3.76. The Kier molecular flexibility index (Phi) is 5.56. The summed E-state index contributed by atoms with van der Waals surface area (Å²) >= 11 is 3.39. The van der Waals surface area contributed by atoms with Crippen molar-refractivity contribution in [2.75, 3.05) is 5.32 Å². The van der Waals surface area contributed by atoms with E-state index >= 15 is 0 Å². The normalized spacial score (nSPS) is 10.4. The van der Waals surface area contributed by atoms with Gasteiger partial charge in [-0.2, -0.15) is 0 Å². The summed E-state index contributed by atoms with van der Waals surface area (Å²) in [6.07, 6.45) is 0. The smallest absolute Gasteiger partial charge is 0.291 e. The third kappa shape index (κ3) is 4.53. The lowest BCUT2D eigenvalue weighted by Gasteiger charge is -2.07. The number of para-hydroxylation sites is 1. The van der Waals surface area contributed by atoms with E-state index in [-0.39, 0.29) is 18.1 Å². The van der Waals surface area contributed by atoms with Crippen molar-refractivity contribution in [2.24, 2.45) is 0 Å². The van der Waals surface area contributed by atoms with Crippen LogP contribution in [0.3, 0.4) is 0 Å². The first-order valence-electron chi connectivity index (χ1n) is 7.96. The number of nitrogens with one attached hydrogen (secondary N) is 1. The van der Waals surface area contributed by atoms with E-state index in [2.05, 4.69) is 21.2 Å². The Morgan fingerprint density at radius 3 is 2.70 bits per heavy atom. The molecule has 0 bridgehead atoms. The number of nitrogens with zero attached hydrogens (tertiary/aromatic N) is 1. The van der Waals surface area contributed by atoms with Crippen LogP contribution in [0.25, 0.3) is 0 Å². The fraction of sp³-hybridized carbons (Fsp3) is 0.105. The first kappa shape index (κ1) is 18.7. The van der Waals surface area contributed by atoms with Crippen molar-refractivity contribution in [1.29, 1.82) is 0 Å². The fourth-order valence-electron chi connectivity index (χ4n) is 2.37. The summed E-state index contributed by atoms with van der Waals surface area (Å²) in [6.45, 7) is 1.86. The highest BCUT2D eigenvalue weighted by molar-refractivity contribution is 9.10. The van der Waals surface area contributed by atoms with E-state index < -0.39 is 10.8 Å². The molecule has 0 saturated heterocycles. The Balaban J connectivity index is 1.65. The summed E-state index contributed by atoms with van der Waals surface area (Å²) < 4.78 is 12.0. The van der Waals surface area contributed by atoms with E-state index in [4.69, 9.17) is 9.15 Å². The number of anilines is 1. The number of halogens is 1. The van der Waals surface area contributed by atoms with Gasteiger partial charge in [0, 0.05) is 17.8 Å². The SMILES string of the molecule is Cc1cc([N+](=O)[O-])ccc1NC(=O)c1ccc(COc2ccccc2Br)o1. The molecule has 1 aromatic heterocycles. The van der Waals surface area contributed by atoms with Crippen LogP contribution in [0.5, 0.6) is 5.75 Å². The number of non-ortho nitro benzene ring substituents is 1. The predicted molar refractivity (Wildman–Crippen MR) is 103 cm³/mol. The summed E-state index contributed by atoms with van der Waals surface area (Å²) in [7, 11) is 0. The van der Waals surface area contributed by atoms with E-state index in [9.17, 15) is 14.9 Å². The molecule has 3 rings (SSSR count). The van der Waals surface area contributed by atoms with Crippen molar-refractivity contribution in [3.8, 4) is 5.75 Å². The minimum Gasteiger partial charge on any atom is -0.484 e. The molecule has 0 spiro atoms. The molecular formula is C19H15BrN2O5. The Hall–Kier alpha value is -3.13. The van der Waals surface area contributed by atoms with Crippen LogP contribution in [-0.2, 0) is 6.61 Å². The average molecular weight is 431 g/mol. The van der Waals surface area contributed by atoms with Crippen LogP contribution in [-0.4, -0.2) is 10.8 Å². The van der Waals surface area contributed by atoms with E-state index in [1.54, 1.807) is 19.1 Å². The molecule has 7 nitrogen and oxygen atoms in total. The lowest BCUT2D eigenvalue weighted by Crippen LogP contribution is -2.12. The number of amides is 1. The summed E-state index contributed by atoms with van der Waals surface area (Å²) in [6, 6.07) is 14.9. The number of nitro benzene ring substituents is 1. The number of rotatable bonds is 6. The summed E-state index contributed by atoms with van der Waals surface area (Å²) in [5.74, 6) is 0.843. The zero-order chi connectivity index (χ0) is 19.4. The number of nitro groups is 1. The second-order valence-corrected chi connectivity index (χ2v) is 6.55. The van der Waals surface area contributed by atoms with Crippen molar-refractivity contribution in [2.45, 2.75) is 13.5 Å². The Morgan fingerprint density at radius 2 is 2.00 bits per heavy atom. The van der Waals surface area contributed by atoms with Crippen molar-refractivity contribution < 1.29 is 18.9 Å². The zero-order valence-electron chi connectivity index (χ0n) is 14.3. The van der Waals surface area contributed by atoms with Gasteiger partial charge in [-0.25, -0.2) is 0 Å². The number of hydrogen-bond acceptors (Lipinski definition) is 5. The standard InChI is InChI=1S/C19H15BrN2O5/c1-12-10-13(22(24)25)6-8-16(12)21-19(23)18-9-7-14(27-18)11-26-17-5-3-2-4-15(17)20/h2-10H,11H2,1H3,(H,21,23). The molecule has 1 amide bonds. The molecule has 0 saturated carbocycles. The number of benzene rings is 2. The predicted octanol–water partition coefficient (Wildman–Crippen LogP) is 5.09. The second-order valence-electron chi connectivity index (χ2n) is 5.70. The molecule has 0 aliphatic heterocycles. The van der Waals surface area contributed by atoms with Crippen molar-refractivity contribution in [3.63, 3.8) is 0 Å². The fourth-order valence-corrected chi connectivity index (χ4v) is 2.77. The van der Waals surface area contributed by atoms with Gasteiger partial charge in [0.2, 0.25) is 0 Å². The van der Waals surface area contributed by atoms with E-state index in [0.717, 1.165) is 4.47 Å². The molecule has 138 valence electrons. The molecule has 0 aliphatic rings. The van der Waals surface area contributed by atoms with Gasteiger partial charge in [-0.1, -0.05) is 12.1 Å².